The van der Waals surface area contributed by atoms with Crippen LogP contribution in [0.25, 0.3) is 5.65 Å². The fourth-order valence-corrected chi connectivity index (χ4v) is 2.29. The van der Waals surface area contributed by atoms with Crippen molar-refractivity contribution in [2.45, 2.75) is 26.0 Å². The molecule has 6 nitrogen and oxygen atoms in total. The van der Waals surface area contributed by atoms with Crippen molar-refractivity contribution >= 4 is 21.6 Å². The number of halogens is 1. The number of nitrogens with zero attached hydrogens (tertiary/aromatic N) is 4. The molecular formula is C13H19BrN4O2. The number of rotatable bonds is 6. The van der Waals surface area contributed by atoms with E-state index < -0.39 is 0 Å². The number of fused-ring (bicyclic) bond motifs is 1. The van der Waals surface area contributed by atoms with Crippen LogP contribution in [-0.2, 0) is 6.54 Å². The lowest BCUT2D eigenvalue weighted by Gasteiger charge is -2.17. The number of methoxy groups -OCH3 is 1. The first-order valence-corrected chi connectivity index (χ1v) is 7.24. The Morgan fingerprint density at radius 2 is 2.30 bits per heavy atom. The quantitative estimate of drug-likeness (QED) is 0.865. The van der Waals surface area contributed by atoms with Crippen molar-refractivity contribution in [2.75, 3.05) is 20.7 Å². The number of aromatic nitrogens is 3. The Bertz CT molecular complexity index is 585. The van der Waals surface area contributed by atoms with Gasteiger partial charge in [0.15, 0.2) is 5.65 Å². The molecule has 0 aromatic carbocycles. The third-order valence-electron chi connectivity index (χ3n) is 3.05. The number of aliphatic hydroxyl groups excluding tert-OH is 1. The number of ether oxygens (including phenoxy) is 1. The summed E-state index contributed by atoms with van der Waals surface area (Å²) in [7, 11) is 3.61. The zero-order chi connectivity index (χ0) is 14.7. The van der Waals surface area contributed by atoms with Gasteiger partial charge in [-0.15, -0.1) is 5.10 Å². The summed E-state index contributed by atoms with van der Waals surface area (Å²) >= 11 is 3.38. The molecule has 1 unspecified atom stereocenters. The van der Waals surface area contributed by atoms with E-state index >= 15 is 0 Å². The molecule has 0 spiro atoms. The molecule has 0 aliphatic heterocycles. The molecular weight excluding hydrogens is 324 g/mol. The van der Waals surface area contributed by atoms with E-state index in [0.29, 0.717) is 12.4 Å². The van der Waals surface area contributed by atoms with Crippen molar-refractivity contribution in [3.63, 3.8) is 0 Å². The van der Waals surface area contributed by atoms with Gasteiger partial charge in [0.1, 0.15) is 0 Å². The smallest absolute Gasteiger partial charge is 0.239 e. The molecule has 20 heavy (non-hydrogen) atoms. The first kappa shape index (κ1) is 15.2. The largest absolute Gasteiger partial charge is 0.480 e. The standard InChI is InChI=1S/C13H19BrN4O2/c1-9(19)4-5-17(2)8-11-12-15-6-10(14)7-18(12)16-13(11)20-3/h6-7,9,19H,4-5,8H2,1-3H3. The summed E-state index contributed by atoms with van der Waals surface area (Å²) in [6.45, 7) is 3.27. The van der Waals surface area contributed by atoms with Crippen LogP contribution in [0.1, 0.15) is 18.9 Å². The Balaban J connectivity index is 2.23. The predicted octanol–water partition coefficient (Wildman–Crippen LogP) is 1.70. The highest BCUT2D eigenvalue weighted by atomic mass is 79.9. The van der Waals surface area contributed by atoms with Crippen molar-refractivity contribution in [1.29, 1.82) is 0 Å². The lowest BCUT2D eigenvalue weighted by Crippen LogP contribution is -2.22. The van der Waals surface area contributed by atoms with E-state index in [-0.39, 0.29) is 6.10 Å². The van der Waals surface area contributed by atoms with Crippen LogP contribution in [0, 0.1) is 0 Å². The molecule has 0 aliphatic rings. The van der Waals surface area contributed by atoms with E-state index in [0.717, 1.165) is 28.6 Å². The topological polar surface area (TPSA) is 62.9 Å². The van der Waals surface area contributed by atoms with Crippen LogP contribution in [0.4, 0.5) is 0 Å². The summed E-state index contributed by atoms with van der Waals surface area (Å²) < 4.78 is 7.91. The summed E-state index contributed by atoms with van der Waals surface area (Å²) in [6.07, 6.45) is 4.04. The van der Waals surface area contributed by atoms with Crippen molar-refractivity contribution in [3.05, 3.63) is 22.4 Å². The van der Waals surface area contributed by atoms with Gasteiger partial charge in [-0.2, -0.15) is 0 Å². The van der Waals surface area contributed by atoms with Crippen LogP contribution < -0.4 is 4.74 Å². The summed E-state index contributed by atoms with van der Waals surface area (Å²) in [5.41, 5.74) is 1.74. The maximum absolute atomic E-state index is 9.35. The minimum absolute atomic E-state index is 0.294. The molecule has 1 atom stereocenters. The van der Waals surface area contributed by atoms with Gasteiger partial charge in [0.2, 0.25) is 5.88 Å². The lowest BCUT2D eigenvalue weighted by molar-refractivity contribution is 0.162. The summed E-state index contributed by atoms with van der Waals surface area (Å²) in [5.74, 6) is 0.583. The van der Waals surface area contributed by atoms with Crippen LogP contribution in [0.3, 0.4) is 0 Å². The third-order valence-corrected chi connectivity index (χ3v) is 3.46. The van der Waals surface area contributed by atoms with Gasteiger partial charge in [0.25, 0.3) is 0 Å². The fraction of sp³-hybridized carbons (Fsp3) is 0.538. The first-order valence-electron chi connectivity index (χ1n) is 6.44. The molecule has 0 saturated heterocycles. The van der Waals surface area contributed by atoms with E-state index in [1.807, 2.05) is 13.2 Å². The second-order valence-corrected chi connectivity index (χ2v) is 5.82. The highest BCUT2D eigenvalue weighted by Gasteiger charge is 2.16. The number of hydrogen-bond donors (Lipinski definition) is 1. The Kier molecular flexibility index (Phi) is 4.95. The molecule has 110 valence electrons. The molecule has 0 amide bonds. The van der Waals surface area contributed by atoms with E-state index in [1.54, 1.807) is 24.7 Å². The minimum Gasteiger partial charge on any atom is -0.480 e. The average molecular weight is 343 g/mol. The molecule has 0 bridgehead atoms. The average Bonchev–Trinajstić information content (AvgIpc) is 2.73. The van der Waals surface area contributed by atoms with Crippen molar-refractivity contribution in [2.24, 2.45) is 0 Å². The Morgan fingerprint density at radius 1 is 1.55 bits per heavy atom. The van der Waals surface area contributed by atoms with Crippen LogP contribution in [0.5, 0.6) is 5.88 Å². The second-order valence-electron chi connectivity index (χ2n) is 4.90. The van der Waals surface area contributed by atoms with Gasteiger partial charge in [-0.3, -0.25) is 0 Å². The fourth-order valence-electron chi connectivity index (χ4n) is 2.00. The Hall–Kier alpha value is -1.18. The van der Waals surface area contributed by atoms with Crippen LogP contribution in [0.2, 0.25) is 0 Å². The molecule has 0 fully saturated rings. The predicted molar refractivity (Wildman–Crippen MR) is 79.9 cm³/mol. The molecule has 2 aromatic rings. The van der Waals surface area contributed by atoms with Crippen LogP contribution >= 0.6 is 15.9 Å². The van der Waals surface area contributed by atoms with E-state index in [1.165, 1.54) is 0 Å². The van der Waals surface area contributed by atoms with Gasteiger partial charge in [-0.25, -0.2) is 9.50 Å². The molecule has 0 saturated carbocycles. The van der Waals surface area contributed by atoms with Crippen LogP contribution in [-0.4, -0.2) is 51.4 Å². The highest BCUT2D eigenvalue weighted by molar-refractivity contribution is 9.10. The number of hydrogen-bond acceptors (Lipinski definition) is 5. The normalized spacial score (nSPS) is 13.1. The molecule has 2 rings (SSSR count). The van der Waals surface area contributed by atoms with Gasteiger partial charge < -0.3 is 14.7 Å². The highest BCUT2D eigenvalue weighted by Crippen LogP contribution is 2.23. The van der Waals surface area contributed by atoms with Crippen molar-refractivity contribution in [1.82, 2.24) is 19.5 Å². The molecule has 0 radical (unpaired) electrons. The van der Waals surface area contributed by atoms with Gasteiger partial charge in [-0.1, -0.05) is 0 Å². The van der Waals surface area contributed by atoms with E-state index in [2.05, 4.69) is 30.9 Å². The lowest BCUT2D eigenvalue weighted by atomic mass is 10.2. The maximum atomic E-state index is 9.35. The molecule has 1 N–H and O–H groups in total. The van der Waals surface area contributed by atoms with Crippen molar-refractivity contribution in [3.8, 4) is 5.88 Å². The van der Waals surface area contributed by atoms with Crippen LogP contribution in [0.15, 0.2) is 16.9 Å². The van der Waals surface area contributed by atoms with E-state index in [9.17, 15) is 5.11 Å². The van der Waals surface area contributed by atoms with Gasteiger partial charge in [-0.05, 0) is 36.3 Å². The summed E-state index contributed by atoms with van der Waals surface area (Å²) in [5, 5.41) is 13.7. The molecule has 0 aliphatic carbocycles. The third kappa shape index (κ3) is 3.47. The number of aliphatic hydroxyl groups is 1. The first-order chi connectivity index (χ1) is 9.51. The van der Waals surface area contributed by atoms with Gasteiger partial charge in [0, 0.05) is 25.5 Å². The molecule has 2 heterocycles. The summed E-state index contributed by atoms with van der Waals surface area (Å²) in [6, 6.07) is 0. The molecule has 7 heteroatoms. The monoisotopic (exact) mass is 342 g/mol. The van der Waals surface area contributed by atoms with Crippen molar-refractivity contribution < 1.29 is 9.84 Å². The zero-order valence-electron chi connectivity index (χ0n) is 11.9. The van der Waals surface area contributed by atoms with Gasteiger partial charge >= 0.3 is 0 Å². The zero-order valence-corrected chi connectivity index (χ0v) is 13.5. The SMILES string of the molecule is COc1nn2cc(Br)cnc2c1CN(C)CCC(C)O. The molecule has 2 aromatic heterocycles. The van der Waals surface area contributed by atoms with Gasteiger partial charge in [0.05, 0.1) is 23.2 Å². The Labute approximate surface area is 126 Å². The summed E-state index contributed by atoms with van der Waals surface area (Å²) in [4.78, 5) is 6.52. The second kappa shape index (κ2) is 6.51. The maximum Gasteiger partial charge on any atom is 0.239 e. The van der Waals surface area contributed by atoms with E-state index in [4.69, 9.17) is 4.74 Å². The Morgan fingerprint density at radius 3 is 2.95 bits per heavy atom. The minimum atomic E-state index is -0.294.